The lowest BCUT2D eigenvalue weighted by Gasteiger charge is -2.36. The van der Waals surface area contributed by atoms with Gasteiger partial charge in [0.25, 0.3) is 5.91 Å². The van der Waals surface area contributed by atoms with E-state index in [0.29, 0.717) is 18.7 Å². The Morgan fingerprint density at radius 3 is 2.26 bits per heavy atom. The summed E-state index contributed by atoms with van der Waals surface area (Å²) in [7, 11) is 3.32. The summed E-state index contributed by atoms with van der Waals surface area (Å²) >= 11 is 0. The number of nitrogens with zero attached hydrogens (tertiary/aromatic N) is 3. The Morgan fingerprint density at radius 1 is 0.794 bits per heavy atom. The molecule has 0 N–H and O–H groups in total. The molecule has 0 spiro atoms. The molecule has 3 aromatic carbocycles. The highest BCUT2D eigenvalue weighted by atomic mass is 16.5. The molecule has 1 saturated heterocycles. The zero-order valence-electron chi connectivity index (χ0n) is 19.4. The molecule has 6 heteroatoms. The summed E-state index contributed by atoms with van der Waals surface area (Å²) in [4.78, 5) is 22.7. The first-order valence-corrected chi connectivity index (χ1v) is 11.4. The van der Waals surface area contributed by atoms with Crippen molar-refractivity contribution in [2.75, 3.05) is 45.3 Å². The number of hydrogen-bond donors (Lipinski definition) is 0. The number of methoxy groups -OCH3 is 2. The Kier molecular flexibility index (Phi) is 6.04. The van der Waals surface area contributed by atoms with Gasteiger partial charge in [-0.1, -0.05) is 24.3 Å². The van der Waals surface area contributed by atoms with Crippen molar-refractivity contribution in [1.29, 1.82) is 0 Å². The molecule has 0 bridgehead atoms. The minimum Gasteiger partial charge on any atom is -0.497 e. The summed E-state index contributed by atoms with van der Waals surface area (Å²) in [6.45, 7) is 2.86. The number of rotatable bonds is 5. The standard InChI is InChI=1S/C28H27N3O3/c1-33-22-12-10-20(11-13-22)27-19-25(24-8-3-4-9-26(24)29-27)28(32)31-16-14-30(15-17-31)21-6-5-7-23(18-21)34-2/h3-13,18-19H,14-17H2,1-2H3. The molecular weight excluding hydrogens is 426 g/mol. The molecule has 1 fully saturated rings. The van der Waals surface area contributed by atoms with Gasteiger partial charge in [-0.2, -0.15) is 0 Å². The molecule has 1 aromatic heterocycles. The Hall–Kier alpha value is -4.06. The van der Waals surface area contributed by atoms with Crippen molar-refractivity contribution in [3.63, 3.8) is 0 Å². The van der Waals surface area contributed by atoms with Crippen molar-refractivity contribution in [1.82, 2.24) is 9.88 Å². The highest BCUT2D eigenvalue weighted by Crippen LogP contribution is 2.28. The van der Waals surface area contributed by atoms with Gasteiger partial charge in [-0.05, 0) is 48.5 Å². The second kappa shape index (κ2) is 9.43. The maximum atomic E-state index is 13.7. The molecule has 6 nitrogen and oxygen atoms in total. The van der Waals surface area contributed by atoms with Crippen LogP contribution in [0.25, 0.3) is 22.2 Å². The van der Waals surface area contributed by atoms with Crippen LogP contribution < -0.4 is 14.4 Å². The average molecular weight is 454 g/mol. The normalized spacial score (nSPS) is 13.7. The van der Waals surface area contributed by atoms with Gasteiger partial charge in [0.15, 0.2) is 0 Å². The molecule has 4 aromatic rings. The first-order chi connectivity index (χ1) is 16.7. The second-order valence-electron chi connectivity index (χ2n) is 8.28. The maximum Gasteiger partial charge on any atom is 0.254 e. The van der Waals surface area contributed by atoms with Crippen LogP contribution in [0, 0.1) is 0 Å². The third-order valence-electron chi connectivity index (χ3n) is 6.32. The van der Waals surface area contributed by atoms with Gasteiger partial charge in [0.05, 0.1) is 31.0 Å². The van der Waals surface area contributed by atoms with E-state index in [-0.39, 0.29) is 5.91 Å². The Morgan fingerprint density at radius 2 is 1.53 bits per heavy atom. The maximum absolute atomic E-state index is 13.7. The summed E-state index contributed by atoms with van der Waals surface area (Å²) in [5.41, 5.74) is 4.34. The van der Waals surface area contributed by atoms with Crippen LogP contribution in [-0.4, -0.2) is 56.2 Å². The van der Waals surface area contributed by atoms with Crippen molar-refractivity contribution in [3.05, 3.63) is 84.4 Å². The minimum absolute atomic E-state index is 0.0404. The van der Waals surface area contributed by atoms with Gasteiger partial charge in [0.2, 0.25) is 0 Å². The topological polar surface area (TPSA) is 54.9 Å². The zero-order chi connectivity index (χ0) is 23.5. The summed E-state index contributed by atoms with van der Waals surface area (Å²) in [6.07, 6.45) is 0. The number of piperazine rings is 1. The van der Waals surface area contributed by atoms with Crippen molar-refractivity contribution in [3.8, 4) is 22.8 Å². The van der Waals surface area contributed by atoms with E-state index in [0.717, 1.165) is 52.4 Å². The molecule has 0 saturated carbocycles. The third-order valence-corrected chi connectivity index (χ3v) is 6.32. The summed E-state index contributed by atoms with van der Waals surface area (Å²) in [6, 6.07) is 25.6. The molecule has 0 atom stereocenters. The number of hydrogen-bond acceptors (Lipinski definition) is 5. The minimum atomic E-state index is 0.0404. The van der Waals surface area contributed by atoms with Crippen LogP contribution in [0.4, 0.5) is 5.69 Å². The van der Waals surface area contributed by atoms with Crippen LogP contribution in [0.15, 0.2) is 78.9 Å². The van der Waals surface area contributed by atoms with E-state index in [1.807, 2.05) is 77.7 Å². The number of ether oxygens (including phenoxy) is 2. The third kappa shape index (κ3) is 4.27. The summed E-state index contributed by atoms with van der Waals surface area (Å²) in [5, 5.41) is 0.875. The lowest BCUT2D eigenvalue weighted by Crippen LogP contribution is -2.48. The van der Waals surface area contributed by atoms with E-state index >= 15 is 0 Å². The Labute approximate surface area is 199 Å². The zero-order valence-corrected chi connectivity index (χ0v) is 19.4. The first-order valence-electron chi connectivity index (χ1n) is 11.4. The molecule has 34 heavy (non-hydrogen) atoms. The average Bonchev–Trinajstić information content (AvgIpc) is 2.92. The van der Waals surface area contributed by atoms with Crippen molar-refractivity contribution in [2.45, 2.75) is 0 Å². The fourth-order valence-corrected chi connectivity index (χ4v) is 4.41. The van der Waals surface area contributed by atoms with Crippen molar-refractivity contribution < 1.29 is 14.3 Å². The Bertz CT molecular complexity index is 1310. The van der Waals surface area contributed by atoms with Crippen LogP contribution in [0.1, 0.15) is 10.4 Å². The summed E-state index contributed by atoms with van der Waals surface area (Å²) in [5.74, 6) is 1.67. The van der Waals surface area contributed by atoms with Gasteiger partial charge in [-0.15, -0.1) is 0 Å². The highest BCUT2D eigenvalue weighted by Gasteiger charge is 2.24. The van der Waals surface area contributed by atoms with Gasteiger partial charge in [0.1, 0.15) is 11.5 Å². The number of benzene rings is 3. The number of anilines is 1. The van der Waals surface area contributed by atoms with Gasteiger partial charge >= 0.3 is 0 Å². The molecule has 2 heterocycles. The van der Waals surface area contributed by atoms with E-state index in [1.54, 1.807) is 14.2 Å². The van der Waals surface area contributed by atoms with Crippen LogP contribution in [0.3, 0.4) is 0 Å². The van der Waals surface area contributed by atoms with Gasteiger partial charge < -0.3 is 19.3 Å². The fraction of sp³-hybridized carbons (Fsp3) is 0.214. The van der Waals surface area contributed by atoms with E-state index in [2.05, 4.69) is 11.0 Å². The van der Waals surface area contributed by atoms with Gasteiger partial charge in [0, 0.05) is 48.9 Å². The van der Waals surface area contributed by atoms with Gasteiger partial charge in [-0.3, -0.25) is 4.79 Å². The molecule has 0 aliphatic carbocycles. The van der Waals surface area contributed by atoms with E-state index in [1.165, 1.54) is 0 Å². The number of amides is 1. The number of fused-ring (bicyclic) bond motifs is 1. The van der Waals surface area contributed by atoms with Crippen molar-refractivity contribution >= 4 is 22.5 Å². The van der Waals surface area contributed by atoms with Crippen LogP contribution >= 0.6 is 0 Å². The molecule has 1 aliphatic heterocycles. The fourth-order valence-electron chi connectivity index (χ4n) is 4.41. The van der Waals surface area contributed by atoms with E-state index in [4.69, 9.17) is 14.5 Å². The molecule has 0 radical (unpaired) electrons. The SMILES string of the molecule is COc1ccc(-c2cc(C(=O)N3CCN(c4cccc(OC)c4)CC3)c3ccccc3n2)cc1. The molecular formula is C28H27N3O3. The summed E-state index contributed by atoms with van der Waals surface area (Å²) < 4.78 is 10.6. The number of carbonyl (C=O) groups excluding carboxylic acids is 1. The number of pyridine rings is 1. The van der Waals surface area contributed by atoms with Crippen LogP contribution in [0.5, 0.6) is 11.5 Å². The second-order valence-corrected chi connectivity index (χ2v) is 8.28. The highest BCUT2D eigenvalue weighted by molar-refractivity contribution is 6.07. The first kappa shape index (κ1) is 21.8. The lowest BCUT2D eigenvalue weighted by atomic mass is 10.0. The number of carbonyl (C=O) groups is 1. The van der Waals surface area contributed by atoms with Crippen molar-refractivity contribution in [2.24, 2.45) is 0 Å². The molecule has 172 valence electrons. The lowest BCUT2D eigenvalue weighted by molar-refractivity contribution is 0.0748. The predicted molar refractivity (Wildman–Crippen MR) is 135 cm³/mol. The quantitative estimate of drug-likeness (QED) is 0.431. The predicted octanol–water partition coefficient (Wildman–Crippen LogP) is 4.88. The van der Waals surface area contributed by atoms with E-state index < -0.39 is 0 Å². The monoisotopic (exact) mass is 453 g/mol. The molecule has 1 amide bonds. The Balaban J connectivity index is 1.41. The van der Waals surface area contributed by atoms with Crippen LogP contribution in [-0.2, 0) is 0 Å². The van der Waals surface area contributed by atoms with E-state index in [9.17, 15) is 4.79 Å². The van der Waals surface area contributed by atoms with Gasteiger partial charge in [-0.25, -0.2) is 4.98 Å². The molecule has 0 unspecified atom stereocenters. The number of aromatic nitrogens is 1. The van der Waals surface area contributed by atoms with Crippen LogP contribution in [0.2, 0.25) is 0 Å². The molecule has 5 rings (SSSR count). The smallest absolute Gasteiger partial charge is 0.254 e. The number of para-hydroxylation sites is 1. The largest absolute Gasteiger partial charge is 0.497 e. The molecule has 1 aliphatic rings.